The molecule has 0 radical (unpaired) electrons. The summed E-state index contributed by atoms with van der Waals surface area (Å²) in [6.45, 7) is 4.35. The van der Waals surface area contributed by atoms with Crippen LogP contribution in [-0.4, -0.2) is 35.6 Å². The van der Waals surface area contributed by atoms with E-state index in [9.17, 15) is 0 Å². The molecular weight excluding hydrogens is 282 g/mol. The summed E-state index contributed by atoms with van der Waals surface area (Å²) in [6.07, 6.45) is 3.25. The summed E-state index contributed by atoms with van der Waals surface area (Å²) in [6, 6.07) is 19.9. The third-order valence-corrected chi connectivity index (χ3v) is 4.73. The Bertz CT molecular complexity index is 763. The zero-order chi connectivity index (χ0) is 15.5. The van der Waals surface area contributed by atoms with E-state index in [1.165, 1.54) is 22.0 Å². The van der Waals surface area contributed by atoms with E-state index >= 15 is 0 Å². The quantitative estimate of drug-likeness (QED) is 0.775. The van der Waals surface area contributed by atoms with Crippen LogP contribution < -0.4 is 5.32 Å². The van der Waals surface area contributed by atoms with Gasteiger partial charge < -0.3 is 10.3 Å². The molecule has 1 fully saturated rings. The zero-order valence-corrected chi connectivity index (χ0v) is 13.3. The van der Waals surface area contributed by atoms with E-state index in [4.69, 9.17) is 0 Å². The SMILES string of the molecule is c1ccc(CN2CCNC(Cc3c[nH]c4ccccc34)C2)cc1. The highest BCUT2D eigenvalue weighted by molar-refractivity contribution is 5.83. The number of nitrogens with one attached hydrogen (secondary N) is 2. The van der Waals surface area contributed by atoms with Crippen LogP contribution in [0.25, 0.3) is 10.9 Å². The molecule has 2 heterocycles. The number of aromatic nitrogens is 1. The van der Waals surface area contributed by atoms with Crippen molar-refractivity contribution in [1.29, 1.82) is 0 Å². The van der Waals surface area contributed by atoms with Crippen LogP contribution in [0.3, 0.4) is 0 Å². The van der Waals surface area contributed by atoms with E-state index in [1.54, 1.807) is 0 Å². The first-order valence-electron chi connectivity index (χ1n) is 8.43. The van der Waals surface area contributed by atoms with E-state index in [1.807, 2.05) is 0 Å². The number of hydrogen-bond donors (Lipinski definition) is 2. The van der Waals surface area contributed by atoms with E-state index in [0.717, 1.165) is 32.6 Å². The van der Waals surface area contributed by atoms with Crippen LogP contribution in [0.1, 0.15) is 11.1 Å². The second kappa shape index (κ2) is 6.57. The number of nitrogens with zero attached hydrogens (tertiary/aromatic N) is 1. The Kier molecular flexibility index (Phi) is 4.14. The van der Waals surface area contributed by atoms with Crippen LogP contribution in [0.2, 0.25) is 0 Å². The van der Waals surface area contributed by atoms with Crippen LogP contribution >= 0.6 is 0 Å². The van der Waals surface area contributed by atoms with Crippen LogP contribution in [0.4, 0.5) is 0 Å². The number of aromatic amines is 1. The van der Waals surface area contributed by atoms with Gasteiger partial charge in [0.2, 0.25) is 0 Å². The fourth-order valence-electron chi connectivity index (χ4n) is 3.58. The third-order valence-electron chi connectivity index (χ3n) is 4.73. The number of piperazine rings is 1. The lowest BCUT2D eigenvalue weighted by Crippen LogP contribution is -2.51. The molecule has 0 spiro atoms. The first kappa shape index (κ1) is 14.5. The lowest BCUT2D eigenvalue weighted by Gasteiger charge is -2.33. The zero-order valence-electron chi connectivity index (χ0n) is 13.3. The Hall–Kier alpha value is -2.10. The maximum atomic E-state index is 3.68. The molecule has 23 heavy (non-hydrogen) atoms. The van der Waals surface area contributed by atoms with Gasteiger partial charge in [0.15, 0.2) is 0 Å². The van der Waals surface area contributed by atoms with Gasteiger partial charge in [-0.15, -0.1) is 0 Å². The summed E-state index contributed by atoms with van der Waals surface area (Å²) >= 11 is 0. The average Bonchev–Trinajstić information content (AvgIpc) is 2.99. The number of rotatable bonds is 4. The molecule has 3 heteroatoms. The molecule has 0 aliphatic carbocycles. The van der Waals surface area contributed by atoms with Gasteiger partial charge in [0.25, 0.3) is 0 Å². The maximum Gasteiger partial charge on any atom is 0.0456 e. The molecule has 1 atom stereocenters. The predicted molar refractivity (Wildman–Crippen MR) is 95.5 cm³/mol. The molecule has 2 aromatic carbocycles. The first-order chi connectivity index (χ1) is 11.4. The number of fused-ring (bicyclic) bond motifs is 1. The molecule has 1 saturated heterocycles. The van der Waals surface area contributed by atoms with Gasteiger partial charge in [-0.1, -0.05) is 48.5 Å². The Morgan fingerprint density at radius 1 is 1.00 bits per heavy atom. The largest absolute Gasteiger partial charge is 0.361 e. The molecular formula is C20H23N3. The number of benzene rings is 2. The van der Waals surface area contributed by atoms with E-state index in [2.05, 4.69) is 76.0 Å². The smallest absolute Gasteiger partial charge is 0.0456 e. The summed E-state index contributed by atoms with van der Waals surface area (Å²) in [7, 11) is 0. The van der Waals surface area contributed by atoms with Crippen LogP contribution in [0.5, 0.6) is 0 Å². The summed E-state index contributed by atoms with van der Waals surface area (Å²) in [5.41, 5.74) is 4.05. The lowest BCUT2D eigenvalue weighted by molar-refractivity contribution is 0.192. The lowest BCUT2D eigenvalue weighted by atomic mass is 10.0. The number of para-hydroxylation sites is 1. The number of hydrogen-bond acceptors (Lipinski definition) is 2. The summed E-state index contributed by atoms with van der Waals surface area (Å²) in [5, 5.41) is 5.04. The predicted octanol–water partition coefficient (Wildman–Crippen LogP) is 3.18. The average molecular weight is 305 g/mol. The molecule has 4 rings (SSSR count). The Morgan fingerprint density at radius 2 is 1.83 bits per heavy atom. The van der Waals surface area contributed by atoms with Crippen LogP contribution in [-0.2, 0) is 13.0 Å². The molecule has 0 amide bonds. The molecule has 0 bridgehead atoms. The minimum absolute atomic E-state index is 0.520. The second-order valence-electron chi connectivity index (χ2n) is 6.44. The highest BCUT2D eigenvalue weighted by Crippen LogP contribution is 2.20. The summed E-state index contributed by atoms with van der Waals surface area (Å²) < 4.78 is 0. The Morgan fingerprint density at radius 3 is 2.74 bits per heavy atom. The Labute approximate surface area is 137 Å². The van der Waals surface area contributed by atoms with Crippen molar-refractivity contribution >= 4 is 10.9 Å². The van der Waals surface area contributed by atoms with Gasteiger partial charge in [0.05, 0.1) is 0 Å². The molecule has 3 nitrogen and oxygen atoms in total. The number of H-pyrrole nitrogens is 1. The molecule has 1 aromatic heterocycles. The van der Waals surface area contributed by atoms with Gasteiger partial charge in [-0.3, -0.25) is 4.90 Å². The fraction of sp³-hybridized carbons (Fsp3) is 0.300. The molecule has 1 unspecified atom stereocenters. The van der Waals surface area contributed by atoms with Crippen molar-refractivity contribution in [2.75, 3.05) is 19.6 Å². The molecule has 2 N–H and O–H groups in total. The fourth-order valence-corrected chi connectivity index (χ4v) is 3.58. The van der Waals surface area contributed by atoms with Crippen molar-refractivity contribution in [3.8, 4) is 0 Å². The van der Waals surface area contributed by atoms with Gasteiger partial charge in [-0.2, -0.15) is 0 Å². The van der Waals surface area contributed by atoms with Gasteiger partial charge >= 0.3 is 0 Å². The molecule has 3 aromatic rings. The molecule has 0 saturated carbocycles. The molecule has 1 aliphatic rings. The summed E-state index contributed by atoms with van der Waals surface area (Å²) in [4.78, 5) is 5.95. The first-order valence-corrected chi connectivity index (χ1v) is 8.43. The molecule has 1 aliphatic heterocycles. The van der Waals surface area contributed by atoms with Gasteiger partial charge in [-0.05, 0) is 23.6 Å². The minimum atomic E-state index is 0.520. The topological polar surface area (TPSA) is 31.1 Å². The van der Waals surface area contributed by atoms with Crippen molar-refractivity contribution < 1.29 is 0 Å². The van der Waals surface area contributed by atoms with E-state index < -0.39 is 0 Å². The maximum absolute atomic E-state index is 3.68. The minimum Gasteiger partial charge on any atom is -0.361 e. The summed E-state index contributed by atoms with van der Waals surface area (Å²) in [5.74, 6) is 0. The highest BCUT2D eigenvalue weighted by Gasteiger charge is 2.20. The third kappa shape index (κ3) is 3.31. The normalized spacial score (nSPS) is 19.2. The van der Waals surface area contributed by atoms with Crippen molar-refractivity contribution in [1.82, 2.24) is 15.2 Å². The van der Waals surface area contributed by atoms with Crippen LogP contribution in [0, 0.1) is 0 Å². The highest BCUT2D eigenvalue weighted by atomic mass is 15.2. The second-order valence-corrected chi connectivity index (χ2v) is 6.44. The van der Waals surface area contributed by atoms with Crippen molar-refractivity contribution in [2.45, 2.75) is 19.0 Å². The van der Waals surface area contributed by atoms with Gasteiger partial charge in [0, 0.05) is 49.3 Å². The van der Waals surface area contributed by atoms with Crippen molar-refractivity contribution in [3.05, 3.63) is 71.9 Å². The monoisotopic (exact) mass is 305 g/mol. The van der Waals surface area contributed by atoms with Crippen LogP contribution in [0.15, 0.2) is 60.8 Å². The molecule has 118 valence electrons. The van der Waals surface area contributed by atoms with Crippen molar-refractivity contribution in [2.24, 2.45) is 0 Å². The standard InChI is InChI=1S/C20H23N3/c1-2-6-16(7-3-1)14-23-11-10-21-18(15-23)12-17-13-22-20-9-5-4-8-19(17)20/h1-9,13,18,21-22H,10-12,14-15H2. The van der Waals surface area contributed by atoms with Gasteiger partial charge in [-0.25, -0.2) is 0 Å². The Balaban J connectivity index is 1.43. The van der Waals surface area contributed by atoms with E-state index in [-0.39, 0.29) is 0 Å². The van der Waals surface area contributed by atoms with Gasteiger partial charge in [0.1, 0.15) is 0 Å². The van der Waals surface area contributed by atoms with E-state index in [0.29, 0.717) is 6.04 Å². The van der Waals surface area contributed by atoms with Crippen molar-refractivity contribution in [3.63, 3.8) is 0 Å².